The molecule has 1 unspecified atom stereocenters. The van der Waals surface area contributed by atoms with Gasteiger partial charge in [0.1, 0.15) is 0 Å². The molecule has 99 valence electrons. The first-order valence-corrected chi connectivity index (χ1v) is 6.41. The zero-order valence-corrected chi connectivity index (χ0v) is 11.5. The van der Waals surface area contributed by atoms with E-state index in [4.69, 9.17) is 11.1 Å². The fourth-order valence-corrected chi connectivity index (χ4v) is 1.81. The van der Waals surface area contributed by atoms with E-state index in [9.17, 15) is 4.79 Å². The van der Waals surface area contributed by atoms with Crippen molar-refractivity contribution in [1.29, 1.82) is 5.41 Å². The standard InChI is InChI=1S/C13H26N3O/c1-5-7-11(10(3)4)9-12(17)16(8-6-2)13(14)15/h7,10-11H,5-6,8-9H2,1-4H3,(H3,14,15). The Balaban J connectivity index is 4.50. The third-order valence-electron chi connectivity index (χ3n) is 2.84. The van der Waals surface area contributed by atoms with Crippen molar-refractivity contribution in [3.05, 3.63) is 6.42 Å². The average molecular weight is 240 g/mol. The Morgan fingerprint density at radius 1 is 1.41 bits per heavy atom. The van der Waals surface area contributed by atoms with Crippen LogP contribution in [0.5, 0.6) is 0 Å². The van der Waals surface area contributed by atoms with E-state index in [-0.39, 0.29) is 17.8 Å². The maximum Gasteiger partial charge on any atom is 0.229 e. The summed E-state index contributed by atoms with van der Waals surface area (Å²) < 4.78 is 0. The summed E-state index contributed by atoms with van der Waals surface area (Å²) in [5, 5.41) is 7.41. The summed E-state index contributed by atoms with van der Waals surface area (Å²) in [6.07, 6.45) is 4.40. The summed E-state index contributed by atoms with van der Waals surface area (Å²) in [5.74, 6) is 0.527. The molecule has 0 heterocycles. The third-order valence-corrected chi connectivity index (χ3v) is 2.84. The molecule has 1 amide bonds. The van der Waals surface area contributed by atoms with E-state index in [1.165, 1.54) is 4.90 Å². The summed E-state index contributed by atoms with van der Waals surface area (Å²) in [4.78, 5) is 13.4. The lowest BCUT2D eigenvalue weighted by Crippen LogP contribution is -2.42. The van der Waals surface area contributed by atoms with Gasteiger partial charge in [0.2, 0.25) is 5.91 Å². The van der Waals surface area contributed by atoms with Crippen LogP contribution in [0.2, 0.25) is 0 Å². The normalized spacial score (nSPS) is 12.5. The topological polar surface area (TPSA) is 70.2 Å². The van der Waals surface area contributed by atoms with Crippen LogP contribution in [0.15, 0.2) is 0 Å². The maximum atomic E-state index is 12.0. The van der Waals surface area contributed by atoms with Crippen molar-refractivity contribution in [3.63, 3.8) is 0 Å². The van der Waals surface area contributed by atoms with Crippen molar-refractivity contribution >= 4 is 11.9 Å². The second-order valence-electron chi connectivity index (χ2n) is 4.69. The van der Waals surface area contributed by atoms with Gasteiger partial charge < -0.3 is 5.73 Å². The third kappa shape index (κ3) is 5.71. The number of amides is 1. The quantitative estimate of drug-likeness (QED) is 0.530. The molecule has 0 aromatic heterocycles. The first kappa shape index (κ1) is 15.9. The van der Waals surface area contributed by atoms with Gasteiger partial charge in [-0.05, 0) is 24.7 Å². The predicted molar refractivity (Wildman–Crippen MR) is 71.5 cm³/mol. The Labute approximate surface area is 105 Å². The van der Waals surface area contributed by atoms with Crippen molar-refractivity contribution in [3.8, 4) is 0 Å². The Bertz CT molecular complexity index is 251. The SMILES string of the molecule is CC[CH]C(CC(=O)N(CCC)C(=N)N)C(C)C. The van der Waals surface area contributed by atoms with E-state index in [0.717, 1.165) is 12.8 Å². The van der Waals surface area contributed by atoms with E-state index in [1.807, 2.05) is 6.92 Å². The molecule has 1 radical (unpaired) electrons. The lowest BCUT2D eigenvalue weighted by Gasteiger charge is -2.25. The minimum absolute atomic E-state index is 0.0391. The largest absolute Gasteiger partial charge is 0.370 e. The predicted octanol–water partition coefficient (Wildman–Crippen LogP) is 2.40. The first-order chi connectivity index (χ1) is 7.93. The molecule has 0 spiro atoms. The van der Waals surface area contributed by atoms with Crippen molar-refractivity contribution in [2.45, 2.75) is 47.0 Å². The number of carbonyl (C=O) groups excluding carboxylic acids is 1. The summed E-state index contributed by atoms with van der Waals surface area (Å²) >= 11 is 0. The van der Waals surface area contributed by atoms with Crippen molar-refractivity contribution in [2.24, 2.45) is 17.6 Å². The molecule has 0 saturated carbocycles. The molecule has 1 atom stereocenters. The molecule has 0 rings (SSSR count). The number of nitrogens with zero attached hydrogens (tertiary/aromatic N) is 1. The molecule has 0 bridgehead atoms. The Hall–Kier alpha value is -1.06. The van der Waals surface area contributed by atoms with Gasteiger partial charge >= 0.3 is 0 Å². The summed E-state index contributed by atoms with van der Waals surface area (Å²) in [5.41, 5.74) is 5.43. The van der Waals surface area contributed by atoms with E-state index >= 15 is 0 Å². The molecule has 0 aliphatic heterocycles. The highest BCUT2D eigenvalue weighted by atomic mass is 16.2. The van der Waals surface area contributed by atoms with Crippen LogP contribution in [0.3, 0.4) is 0 Å². The number of rotatable bonds is 7. The van der Waals surface area contributed by atoms with Crippen LogP contribution >= 0.6 is 0 Å². The molecule has 0 aromatic carbocycles. The molecular formula is C13H26N3O. The molecule has 0 aromatic rings. The molecule has 0 aliphatic carbocycles. The van der Waals surface area contributed by atoms with Crippen LogP contribution < -0.4 is 5.73 Å². The van der Waals surface area contributed by atoms with E-state index in [2.05, 4.69) is 27.2 Å². The number of carbonyl (C=O) groups is 1. The molecule has 0 aliphatic rings. The highest BCUT2D eigenvalue weighted by Crippen LogP contribution is 2.21. The van der Waals surface area contributed by atoms with Gasteiger partial charge in [-0.15, -0.1) is 0 Å². The van der Waals surface area contributed by atoms with Crippen molar-refractivity contribution in [1.82, 2.24) is 4.90 Å². The Morgan fingerprint density at radius 3 is 2.35 bits per heavy atom. The van der Waals surface area contributed by atoms with Crippen LogP contribution in [0.4, 0.5) is 0 Å². The number of guanidine groups is 1. The minimum atomic E-state index is -0.143. The highest BCUT2D eigenvalue weighted by molar-refractivity contribution is 5.94. The molecule has 3 N–H and O–H groups in total. The van der Waals surface area contributed by atoms with E-state index in [0.29, 0.717) is 18.9 Å². The van der Waals surface area contributed by atoms with Crippen LogP contribution in [0.25, 0.3) is 0 Å². The van der Waals surface area contributed by atoms with Crippen LogP contribution in [0, 0.1) is 23.7 Å². The number of nitrogens with two attached hydrogens (primary N) is 1. The summed E-state index contributed by atoms with van der Waals surface area (Å²) in [7, 11) is 0. The van der Waals surface area contributed by atoms with Crippen LogP contribution in [-0.4, -0.2) is 23.3 Å². The fourth-order valence-electron chi connectivity index (χ4n) is 1.81. The highest BCUT2D eigenvalue weighted by Gasteiger charge is 2.22. The summed E-state index contributed by atoms with van der Waals surface area (Å²) in [6, 6.07) is 0. The zero-order chi connectivity index (χ0) is 13.4. The van der Waals surface area contributed by atoms with E-state index < -0.39 is 0 Å². The van der Waals surface area contributed by atoms with Gasteiger partial charge in [-0.2, -0.15) is 0 Å². The molecule has 4 heteroatoms. The number of nitrogens with one attached hydrogen (secondary N) is 1. The fraction of sp³-hybridized carbons (Fsp3) is 0.769. The first-order valence-electron chi connectivity index (χ1n) is 6.41. The lowest BCUT2D eigenvalue weighted by molar-refractivity contribution is -0.128. The second-order valence-corrected chi connectivity index (χ2v) is 4.69. The minimum Gasteiger partial charge on any atom is -0.370 e. The lowest BCUT2D eigenvalue weighted by atomic mass is 9.88. The van der Waals surface area contributed by atoms with Crippen LogP contribution in [0.1, 0.15) is 47.0 Å². The van der Waals surface area contributed by atoms with Gasteiger partial charge in [0, 0.05) is 13.0 Å². The van der Waals surface area contributed by atoms with Crippen molar-refractivity contribution < 1.29 is 4.79 Å². The van der Waals surface area contributed by atoms with Gasteiger partial charge in [0.05, 0.1) is 0 Å². The van der Waals surface area contributed by atoms with Gasteiger partial charge in [-0.25, -0.2) is 0 Å². The second kappa shape index (κ2) is 8.09. The Kier molecular flexibility index (Phi) is 7.59. The molecule has 17 heavy (non-hydrogen) atoms. The molecule has 0 saturated heterocycles. The summed E-state index contributed by atoms with van der Waals surface area (Å²) in [6.45, 7) is 8.81. The van der Waals surface area contributed by atoms with Gasteiger partial charge in [0.25, 0.3) is 0 Å². The van der Waals surface area contributed by atoms with Crippen LogP contribution in [-0.2, 0) is 4.79 Å². The van der Waals surface area contributed by atoms with Gasteiger partial charge in [-0.3, -0.25) is 15.1 Å². The molecule has 0 fully saturated rings. The molecular weight excluding hydrogens is 214 g/mol. The van der Waals surface area contributed by atoms with E-state index in [1.54, 1.807) is 0 Å². The van der Waals surface area contributed by atoms with Gasteiger partial charge in [0.15, 0.2) is 5.96 Å². The number of hydrogen-bond acceptors (Lipinski definition) is 2. The van der Waals surface area contributed by atoms with Gasteiger partial charge in [-0.1, -0.05) is 34.1 Å². The average Bonchev–Trinajstić information content (AvgIpc) is 2.24. The number of hydrogen-bond donors (Lipinski definition) is 2. The smallest absolute Gasteiger partial charge is 0.229 e. The molecule has 4 nitrogen and oxygen atoms in total. The van der Waals surface area contributed by atoms with Crippen molar-refractivity contribution in [2.75, 3.05) is 6.54 Å². The monoisotopic (exact) mass is 240 g/mol. The zero-order valence-electron chi connectivity index (χ0n) is 11.5. The Morgan fingerprint density at radius 2 is 2.00 bits per heavy atom. The maximum absolute atomic E-state index is 12.0.